The summed E-state index contributed by atoms with van der Waals surface area (Å²) in [6, 6.07) is 1.93. The molecule has 1 aromatic rings. The van der Waals surface area contributed by atoms with E-state index in [1.54, 1.807) is 4.68 Å². The van der Waals surface area contributed by atoms with Gasteiger partial charge in [0.15, 0.2) is 0 Å². The highest BCUT2D eigenvalue weighted by Gasteiger charge is 2.28. The molecule has 1 aliphatic rings. The summed E-state index contributed by atoms with van der Waals surface area (Å²) in [6.45, 7) is 3.13. The number of aliphatic hydroxyl groups excluding tert-OH is 1. The molecule has 0 aromatic carbocycles. The highest BCUT2D eigenvalue weighted by molar-refractivity contribution is 7.88. The average molecular weight is 315 g/mol. The van der Waals surface area contributed by atoms with Gasteiger partial charge in [0.2, 0.25) is 10.0 Å². The van der Waals surface area contributed by atoms with Gasteiger partial charge in [0.25, 0.3) is 0 Å². The molecule has 0 radical (unpaired) electrons. The third-order valence-electron chi connectivity index (χ3n) is 4.18. The molecular formula is C14H25N3O3S. The van der Waals surface area contributed by atoms with Gasteiger partial charge in [-0.15, -0.1) is 0 Å². The normalized spacial score (nSPS) is 22.4. The molecule has 2 rings (SSSR count). The average Bonchev–Trinajstić information content (AvgIpc) is 2.79. The zero-order valence-corrected chi connectivity index (χ0v) is 13.8. The lowest BCUT2D eigenvalue weighted by molar-refractivity contribution is 0.116. The van der Waals surface area contributed by atoms with Crippen LogP contribution in [0.15, 0.2) is 6.07 Å². The van der Waals surface area contributed by atoms with Crippen molar-refractivity contribution in [2.24, 2.45) is 13.0 Å². The maximum absolute atomic E-state index is 11.6. The lowest BCUT2D eigenvalue weighted by atomic mass is 9.92. The molecule has 2 unspecified atom stereocenters. The fraction of sp³-hybridized carbons (Fsp3) is 0.786. The molecule has 0 aliphatic carbocycles. The molecule has 2 heterocycles. The molecule has 1 N–H and O–H groups in total. The van der Waals surface area contributed by atoms with Crippen LogP contribution in [0, 0.1) is 5.92 Å². The first kappa shape index (κ1) is 16.5. The third kappa shape index (κ3) is 4.05. The Kier molecular flexibility index (Phi) is 5.06. The fourth-order valence-corrected chi connectivity index (χ4v) is 3.93. The molecule has 6 nitrogen and oxygen atoms in total. The maximum Gasteiger partial charge on any atom is 0.211 e. The molecule has 0 bridgehead atoms. The Balaban J connectivity index is 2.02. The highest BCUT2D eigenvalue weighted by atomic mass is 32.2. The Morgan fingerprint density at radius 3 is 2.81 bits per heavy atom. The van der Waals surface area contributed by atoms with Crippen molar-refractivity contribution in [3.8, 4) is 0 Å². The van der Waals surface area contributed by atoms with E-state index >= 15 is 0 Å². The number of hydrogen-bond donors (Lipinski definition) is 1. The van der Waals surface area contributed by atoms with Gasteiger partial charge in [0.1, 0.15) is 0 Å². The second-order valence-corrected chi connectivity index (χ2v) is 7.90. The Hall–Kier alpha value is -0.920. The number of hydrogen-bond acceptors (Lipinski definition) is 4. The van der Waals surface area contributed by atoms with Crippen molar-refractivity contribution < 1.29 is 13.5 Å². The van der Waals surface area contributed by atoms with Gasteiger partial charge < -0.3 is 5.11 Å². The van der Waals surface area contributed by atoms with Crippen LogP contribution in [-0.4, -0.2) is 47.0 Å². The van der Waals surface area contributed by atoms with E-state index in [-0.39, 0.29) is 5.92 Å². The van der Waals surface area contributed by atoms with Crippen LogP contribution in [0.1, 0.15) is 43.7 Å². The lowest BCUT2D eigenvalue weighted by Gasteiger charge is -2.31. The topological polar surface area (TPSA) is 75.4 Å². The minimum Gasteiger partial charge on any atom is -0.387 e. The molecule has 0 spiro atoms. The van der Waals surface area contributed by atoms with Crippen LogP contribution in [0.4, 0.5) is 0 Å². The molecule has 1 saturated heterocycles. The van der Waals surface area contributed by atoms with E-state index in [9.17, 15) is 13.5 Å². The van der Waals surface area contributed by atoms with Gasteiger partial charge in [0.05, 0.1) is 23.7 Å². The summed E-state index contributed by atoms with van der Waals surface area (Å²) in [7, 11) is -1.30. The smallest absolute Gasteiger partial charge is 0.211 e. The van der Waals surface area contributed by atoms with Gasteiger partial charge in [-0.05, 0) is 37.7 Å². The van der Waals surface area contributed by atoms with Gasteiger partial charge in [-0.25, -0.2) is 12.7 Å². The summed E-state index contributed by atoms with van der Waals surface area (Å²) in [5.74, 6) is 0.198. The molecule has 7 heteroatoms. The van der Waals surface area contributed by atoms with Gasteiger partial charge in [0, 0.05) is 20.1 Å². The van der Waals surface area contributed by atoms with Crippen LogP contribution in [0.25, 0.3) is 0 Å². The van der Waals surface area contributed by atoms with Gasteiger partial charge in [-0.2, -0.15) is 5.10 Å². The van der Waals surface area contributed by atoms with Gasteiger partial charge in [-0.3, -0.25) is 4.68 Å². The summed E-state index contributed by atoms with van der Waals surface area (Å²) >= 11 is 0. The zero-order chi connectivity index (χ0) is 15.6. The summed E-state index contributed by atoms with van der Waals surface area (Å²) < 4.78 is 26.5. The predicted molar refractivity (Wildman–Crippen MR) is 81.3 cm³/mol. The molecule has 1 fully saturated rings. The first-order valence-electron chi connectivity index (χ1n) is 7.47. The number of nitrogens with zero attached hydrogens (tertiary/aromatic N) is 3. The summed E-state index contributed by atoms with van der Waals surface area (Å²) in [4.78, 5) is 0. The number of aromatic nitrogens is 2. The van der Waals surface area contributed by atoms with Gasteiger partial charge >= 0.3 is 0 Å². The largest absolute Gasteiger partial charge is 0.387 e. The molecule has 1 aromatic heterocycles. The molecular weight excluding hydrogens is 290 g/mol. The lowest BCUT2D eigenvalue weighted by Crippen LogP contribution is -2.39. The Labute approximate surface area is 126 Å². The highest BCUT2D eigenvalue weighted by Crippen LogP contribution is 2.28. The summed E-state index contributed by atoms with van der Waals surface area (Å²) in [5.41, 5.74) is 1.77. The van der Waals surface area contributed by atoms with Crippen molar-refractivity contribution in [2.75, 3.05) is 19.3 Å². The minimum atomic E-state index is -3.13. The van der Waals surface area contributed by atoms with Crippen molar-refractivity contribution in [3.63, 3.8) is 0 Å². The molecule has 21 heavy (non-hydrogen) atoms. The molecule has 0 saturated carbocycles. The van der Waals surface area contributed by atoms with Crippen LogP contribution in [0.2, 0.25) is 0 Å². The SMILES string of the molecule is CCc1cc(C(O)CC2CCCN(S(C)(=O)=O)C2)n(C)n1. The van der Waals surface area contributed by atoms with E-state index < -0.39 is 16.1 Å². The second-order valence-electron chi connectivity index (χ2n) is 5.92. The van der Waals surface area contributed by atoms with E-state index in [2.05, 4.69) is 5.10 Å². The van der Waals surface area contributed by atoms with Crippen molar-refractivity contribution in [3.05, 3.63) is 17.5 Å². The quantitative estimate of drug-likeness (QED) is 0.882. The van der Waals surface area contributed by atoms with Crippen LogP contribution in [0.5, 0.6) is 0 Å². The third-order valence-corrected chi connectivity index (χ3v) is 5.45. The van der Waals surface area contributed by atoms with E-state index in [1.165, 1.54) is 10.6 Å². The first-order valence-corrected chi connectivity index (χ1v) is 9.32. The monoisotopic (exact) mass is 315 g/mol. The van der Waals surface area contributed by atoms with Crippen molar-refractivity contribution >= 4 is 10.0 Å². The van der Waals surface area contributed by atoms with Crippen LogP contribution < -0.4 is 0 Å². The van der Waals surface area contributed by atoms with Crippen molar-refractivity contribution in [1.82, 2.24) is 14.1 Å². The van der Waals surface area contributed by atoms with E-state index in [1.807, 2.05) is 20.0 Å². The Bertz CT molecular complexity index is 582. The van der Waals surface area contributed by atoms with Gasteiger partial charge in [-0.1, -0.05) is 6.92 Å². The molecule has 120 valence electrons. The molecule has 0 amide bonds. The predicted octanol–water partition coefficient (Wildman–Crippen LogP) is 1.08. The van der Waals surface area contributed by atoms with E-state index in [0.29, 0.717) is 19.5 Å². The van der Waals surface area contributed by atoms with Crippen molar-refractivity contribution in [1.29, 1.82) is 0 Å². The van der Waals surface area contributed by atoms with E-state index in [0.717, 1.165) is 30.7 Å². The van der Waals surface area contributed by atoms with Crippen LogP contribution >= 0.6 is 0 Å². The van der Waals surface area contributed by atoms with E-state index in [4.69, 9.17) is 0 Å². The number of sulfonamides is 1. The number of piperidine rings is 1. The fourth-order valence-electron chi connectivity index (χ4n) is 2.98. The summed E-state index contributed by atoms with van der Waals surface area (Å²) in [5, 5.41) is 14.8. The first-order chi connectivity index (χ1) is 9.81. The zero-order valence-electron chi connectivity index (χ0n) is 13.0. The van der Waals surface area contributed by atoms with Crippen LogP contribution in [0.3, 0.4) is 0 Å². The minimum absolute atomic E-state index is 0.198. The molecule has 1 aliphatic heterocycles. The number of aryl methyl sites for hydroxylation is 2. The maximum atomic E-state index is 11.6. The molecule has 2 atom stereocenters. The van der Waals surface area contributed by atoms with Crippen LogP contribution in [-0.2, 0) is 23.5 Å². The number of aliphatic hydroxyl groups is 1. The second kappa shape index (κ2) is 6.46. The van der Waals surface area contributed by atoms with Crippen molar-refractivity contribution in [2.45, 2.75) is 38.7 Å². The number of rotatable bonds is 5. The Morgan fingerprint density at radius 2 is 2.24 bits per heavy atom. The Morgan fingerprint density at radius 1 is 1.52 bits per heavy atom. The summed E-state index contributed by atoms with van der Waals surface area (Å²) in [6.07, 6.45) is 3.89. The standard InChI is InChI=1S/C14H25N3O3S/c1-4-12-9-13(16(2)15-12)14(18)8-11-6-5-7-17(10-11)21(3,19)20/h9,11,14,18H,4-8,10H2,1-3H3.